The van der Waals surface area contributed by atoms with Crippen LogP contribution in [0.4, 0.5) is 4.48 Å². The van der Waals surface area contributed by atoms with E-state index >= 15 is 0 Å². The molecule has 74 valence electrons. The van der Waals surface area contributed by atoms with Crippen molar-refractivity contribution in [1.82, 2.24) is 9.77 Å². The Kier molecular flexibility index (Phi) is 3.42. The molecule has 0 aliphatic heterocycles. The van der Waals surface area contributed by atoms with Gasteiger partial charge in [0, 0.05) is 12.3 Å². The molecule has 0 saturated carbocycles. The second-order valence-corrected chi connectivity index (χ2v) is 2.21. The number of hydrogen-bond donors (Lipinski definition) is 1. The van der Waals surface area contributed by atoms with Crippen molar-refractivity contribution in [1.29, 1.82) is 0 Å². The van der Waals surface area contributed by atoms with Crippen LogP contribution in [-0.2, 0) is 0 Å². The van der Waals surface area contributed by atoms with E-state index < -0.39 is 11.2 Å². The van der Waals surface area contributed by atoms with Crippen molar-refractivity contribution in [3.63, 3.8) is 0 Å². The summed E-state index contributed by atoms with van der Waals surface area (Å²) in [6.07, 6.45) is 4.00. The molecule has 1 N–H and O–H groups in total. The van der Waals surface area contributed by atoms with E-state index in [1.54, 1.807) is 17.5 Å². The number of aromatic amines is 1. The first-order valence-electron chi connectivity index (χ1n) is 3.65. The SMILES string of the molecule is O=c1ccn(F)c(=O)[nH]1.c1ccoc1. The molecule has 0 unspecified atom stereocenters. The van der Waals surface area contributed by atoms with E-state index in [1.807, 2.05) is 12.1 Å². The average Bonchev–Trinajstić information content (AvgIpc) is 2.69. The maximum absolute atomic E-state index is 11.9. The van der Waals surface area contributed by atoms with Crippen molar-refractivity contribution in [2.24, 2.45) is 0 Å². The highest BCUT2D eigenvalue weighted by Crippen LogP contribution is 1.79. The van der Waals surface area contributed by atoms with Crippen LogP contribution in [0.15, 0.2) is 50.9 Å². The standard InChI is InChI=1S/C4H3FN2O2.C4H4O/c5-7-2-1-3(8)6-4(7)9;1-2-4-5-3-1/h1-2H,(H,6,8,9);1-4H. The topological polar surface area (TPSA) is 68.0 Å². The minimum absolute atomic E-state index is 0.207. The zero-order chi connectivity index (χ0) is 10.4. The summed E-state index contributed by atoms with van der Waals surface area (Å²) in [7, 11) is 0. The van der Waals surface area contributed by atoms with Crippen molar-refractivity contribution in [3.05, 3.63) is 57.8 Å². The van der Waals surface area contributed by atoms with Gasteiger partial charge < -0.3 is 4.42 Å². The quantitative estimate of drug-likeness (QED) is 0.672. The minimum atomic E-state index is -1.05. The van der Waals surface area contributed by atoms with E-state index in [0.29, 0.717) is 0 Å². The van der Waals surface area contributed by atoms with Crippen molar-refractivity contribution >= 4 is 0 Å². The predicted octanol–water partition coefficient (Wildman–Crippen LogP) is 0.549. The van der Waals surface area contributed by atoms with Gasteiger partial charge in [-0.3, -0.25) is 9.78 Å². The molecule has 2 aromatic heterocycles. The van der Waals surface area contributed by atoms with E-state index in [4.69, 9.17) is 0 Å². The van der Waals surface area contributed by atoms with Crippen molar-refractivity contribution in [2.75, 3.05) is 0 Å². The smallest absolute Gasteiger partial charge is 0.356 e. The van der Waals surface area contributed by atoms with E-state index in [-0.39, 0.29) is 4.79 Å². The highest BCUT2D eigenvalue weighted by molar-refractivity contribution is 4.79. The van der Waals surface area contributed by atoms with Crippen LogP contribution < -0.4 is 11.2 Å². The van der Waals surface area contributed by atoms with Gasteiger partial charge in [-0.15, -0.1) is 4.79 Å². The normalized spacial score (nSPS) is 8.93. The molecule has 2 rings (SSSR count). The Morgan fingerprint density at radius 3 is 2.29 bits per heavy atom. The van der Waals surface area contributed by atoms with E-state index in [0.717, 1.165) is 12.3 Å². The van der Waals surface area contributed by atoms with Gasteiger partial charge in [-0.25, -0.2) is 4.79 Å². The van der Waals surface area contributed by atoms with Gasteiger partial charge in [0.15, 0.2) is 0 Å². The monoisotopic (exact) mass is 198 g/mol. The molecule has 0 aliphatic rings. The minimum Gasteiger partial charge on any atom is -0.473 e. The number of rotatable bonds is 0. The Labute approximate surface area is 77.4 Å². The molecular weight excluding hydrogens is 191 g/mol. The van der Waals surface area contributed by atoms with Gasteiger partial charge in [-0.1, -0.05) is 4.48 Å². The van der Waals surface area contributed by atoms with Crippen molar-refractivity contribution in [3.8, 4) is 0 Å². The number of furan rings is 1. The van der Waals surface area contributed by atoms with E-state index in [1.165, 1.54) is 0 Å². The van der Waals surface area contributed by atoms with E-state index in [2.05, 4.69) is 4.42 Å². The lowest BCUT2D eigenvalue weighted by Gasteiger charge is -1.84. The highest BCUT2D eigenvalue weighted by Gasteiger charge is 1.89. The maximum atomic E-state index is 11.9. The van der Waals surface area contributed by atoms with Crippen LogP contribution >= 0.6 is 0 Å². The molecule has 14 heavy (non-hydrogen) atoms. The number of hydrogen-bond acceptors (Lipinski definition) is 3. The number of H-pyrrole nitrogens is 1. The summed E-state index contributed by atoms with van der Waals surface area (Å²) in [5.41, 5.74) is -1.66. The summed E-state index contributed by atoms with van der Waals surface area (Å²) in [4.78, 5) is 21.9. The first-order chi connectivity index (χ1) is 6.70. The molecule has 0 aromatic carbocycles. The van der Waals surface area contributed by atoms with Crippen LogP contribution in [0.5, 0.6) is 0 Å². The Morgan fingerprint density at radius 2 is 1.93 bits per heavy atom. The Morgan fingerprint density at radius 1 is 1.29 bits per heavy atom. The molecule has 0 radical (unpaired) electrons. The van der Waals surface area contributed by atoms with Crippen molar-refractivity contribution < 1.29 is 8.90 Å². The molecular formula is C8H7FN2O3. The van der Waals surface area contributed by atoms with Gasteiger partial charge >= 0.3 is 5.69 Å². The molecule has 0 aliphatic carbocycles. The van der Waals surface area contributed by atoms with Crippen LogP contribution in [-0.4, -0.2) is 9.77 Å². The highest BCUT2D eigenvalue weighted by atomic mass is 19.2. The molecule has 0 atom stereocenters. The lowest BCUT2D eigenvalue weighted by atomic mass is 10.7. The van der Waals surface area contributed by atoms with E-state index in [9.17, 15) is 14.1 Å². The van der Waals surface area contributed by atoms with Gasteiger partial charge in [0.05, 0.1) is 12.5 Å². The van der Waals surface area contributed by atoms with Gasteiger partial charge in [0.25, 0.3) is 5.56 Å². The summed E-state index contributed by atoms with van der Waals surface area (Å²) in [5.74, 6) is 0. The lowest BCUT2D eigenvalue weighted by Crippen LogP contribution is -2.24. The fourth-order valence-corrected chi connectivity index (χ4v) is 0.628. The first-order valence-corrected chi connectivity index (χ1v) is 3.65. The second kappa shape index (κ2) is 4.80. The molecule has 6 heteroatoms. The van der Waals surface area contributed by atoms with Crippen LogP contribution in [0.25, 0.3) is 0 Å². The maximum Gasteiger partial charge on any atom is 0.356 e. The van der Waals surface area contributed by atoms with Crippen LogP contribution in [0.1, 0.15) is 0 Å². The summed E-state index contributed by atoms with van der Waals surface area (Å²) in [6.45, 7) is 0. The zero-order valence-electron chi connectivity index (χ0n) is 7.01. The molecule has 0 fully saturated rings. The molecule has 0 saturated heterocycles. The third-order valence-electron chi connectivity index (χ3n) is 1.21. The second-order valence-electron chi connectivity index (χ2n) is 2.21. The Bertz CT molecular complexity index is 455. The fraction of sp³-hybridized carbons (Fsp3) is 0. The largest absolute Gasteiger partial charge is 0.473 e. The molecule has 0 amide bonds. The van der Waals surface area contributed by atoms with Gasteiger partial charge in [0.2, 0.25) is 0 Å². The zero-order valence-corrected chi connectivity index (χ0v) is 7.01. The summed E-state index contributed by atoms with van der Waals surface area (Å²) >= 11 is 0. The third-order valence-corrected chi connectivity index (χ3v) is 1.21. The number of aromatic nitrogens is 2. The van der Waals surface area contributed by atoms with Gasteiger partial charge in [-0.2, -0.15) is 0 Å². The van der Waals surface area contributed by atoms with Crippen LogP contribution in [0, 0.1) is 0 Å². The summed E-state index contributed by atoms with van der Waals surface area (Å²) in [6, 6.07) is 4.58. The fourth-order valence-electron chi connectivity index (χ4n) is 0.628. The number of nitrogens with one attached hydrogen (secondary N) is 1. The predicted molar refractivity (Wildman–Crippen MR) is 46.5 cm³/mol. The van der Waals surface area contributed by atoms with Gasteiger partial charge in [-0.05, 0) is 12.1 Å². The molecule has 0 spiro atoms. The van der Waals surface area contributed by atoms with Crippen molar-refractivity contribution in [2.45, 2.75) is 0 Å². The summed E-state index contributed by atoms with van der Waals surface area (Å²) < 4.78 is 16.5. The number of halogens is 1. The lowest BCUT2D eigenvalue weighted by molar-refractivity contribution is 0.343. The molecule has 0 bridgehead atoms. The average molecular weight is 198 g/mol. The summed E-state index contributed by atoms with van der Waals surface area (Å²) in [5, 5.41) is 0. The van der Waals surface area contributed by atoms with Crippen LogP contribution in [0.2, 0.25) is 0 Å². The number of nitrogens with zero attached hydrogens (tertiary/aromatic N) is 1. The molecule has 5 nitrogen and oxygen atoms in total. The Hall–Kier alpha value is -2.11. The Balaban J connectivity index is 0.000000165. The molecule has 2 aromatic rings. The van der Waals surface area contributed by atoms with Crippen LogP contribution in [0.3, 0.4) is 0 Å². The third kappa shape index (κ3) is 3.10. The van der Waals surface area contributed by atoms with Gasteiger partial charge in [0.1, 0.15) is 0 Å². The molecule has 2 heterocycles. The first kappa shape index (κ1) is 9.97.